The lowest BCUT2D eigenvalue weighted by molar-refractivity contribution is 0.600. The van der Waals surface area contributed by atoms with Crippen LogP contribution in [0.4, 0.5) is 0 Å². The Morgan fingerprint density at radius 1 is 0.864 bits per heavy atom. The molecule has 1 aromatic heterocycles. The van der Waals surface area contributed by atoms with E-state index in [1.807, 2.05) is 12.5 Å². The van der Waals surface area contributed by atoms with E-state index in [4.69, 9.17) is 0 Å². The van der Waals surface area contributed by atoms with E-state index in [2.05, 4.69) is 90.9 Å². The average molecular weight is 290 g/mol. The van der Waals surface area contributed by atoms with Gasteiger partial charge in [0.25, 0.3) is 0 Å². The Morgan fingerprint density at radius 2 is 1.36 bits per heavy atom. The minimum atomic E-state index is 0.484. The van der Waals surface area contributed by atoms with Gasteiger partial charge in [0, 0.05) is 18.4 Å². The summed E-state index contributed by atoms with van der Waals surface area (Å²) in [5, 5.41) is 0. The van der Waals surface area contributed by atoms with Gasteiger partial charge in [0.15, 0.2) is 0 Å². The number of imidazole rings is 1. The van der Waals surface area contributed by atoms with Crippen molar-refractivity contribution in [3.63, 3.8) is 0 Å². The van der Waals surface area contributed by atoms with Gasteiger partial charge in [0.05, 0.1) is 6.33 Å². The molecule has 0 bridgehead atoms. The van der Waals surface area contributed by atoms with Crippen LogP contribution in [-0.2, 0) is 0 Å². The molecule has 2 nitrogen and oxygen atoms in total. The van der Waals surface area contributed by atoms with E-state index < -0.39 is 0 Å². The van der Waals surface area contributed by atoms with Crippen LogP contribution in [0.5, 0.6) is 0 Å². The van der Waals surface area contributed by atoms with Gasteiger partial charge in [-0.1, -0.05) is 78.4 Å². The fraction of sp³-hybridized carbons (Fsp3) is 0.211. The third-order valence-corrected chi connectivity index (χ3v) is 3.72. The van der Waals surface area contributed by atoms with E-state index in [9.17, 15) is 0 Å². The number of aromatic nitrogens is 2. The van der Waals surface area contributed by atoms with Crippen LogP contribution in [0.15, 0.2) is 79.4 Å². The number of hydrogen-bond acceptors (Lipinski definition) is 1. The van der Waals surface area contributed by atoms with Crippen LogP contribution in [0, 0.1) is 0 Å². The summed E-state index contributed by atoms with van der Waals surface area (Å²) in [6, 6.07) is 21.7. The molecule has 112 valence electrons. The monoisotopic (exact) mass is 290 g/mol. The highest BCUT2D eigenvalue weighted by molar-refractivity contribution is 6.84. The highest BCUT2D eigenvalue weighted by Gasteiger charge is 2.10. The molecule has 0 aliphatic carbocycles. The molecule has 0 spiro atoms. The fourth-order valence-corrected chi connectivity index (χ4v) is 2.25. The molecule has 0 amide bonds. The minimum Gasteiger partial charge on any atom is -0.335 e. The SMILES string of the molecule is CB(c1ccccc1)c1ccccc1.CC(C)n1ccnc1. The second kappa shape index (κ2) is 8.23. The molecule has 0 saturated carbocycles. The van der Waals surface area contributed by atoms with Crippen molar-refractivity contribution in [1.82, 2.24) is 9.55 Å². The molecule has 0 aliphatic heterocycles. The molecule has 1 heterocycles. The third kappa shape index (κ3) is 4.62. The highest BCUT2D eigenvalue weighted by atomic mass is 15.0. The lowest BCUT2D eigenvalue weighted by Gasteiger charge is -2.08. The number of nitrogens with zero attached hydrogens (tertiary/aromatic N) is 2. The van der Waals surface area contributed by atoms with Gasteiger partial charge in [0.1, 0.15) is 0 Å². The summed E-state index contributed by atoms with van der Waals surface area (Å²) in [5.74, 6) is 0. The van der Waals surface area contributed by atoms with Gasteiger partial charge < -0.3 is 4.57 Å². The van der Waals surface area contributed by atoms with Crippen molar-refractivity contribution in [3.05, 3.63) is 79.4 Å². The molecule has 2 aromatic carbocycles. The Balaban J connectivity index is 0.000000188. The van der Waals surface area contributed by atoms with Crippen LogP contribution in [0.1, 0.15) is 19.9 Å². The number of benzene rings is 2. The quantitative estimate of drug-likeness (QED) is 0.676. The van der Waals surface area contributed by atoms with Gasteiger partial charge in [-0.05, 0) is 13.8 Å². The van der Waals surface area contributed by atoms with E-state index >= 15 is 0 Å². The van der Waals surface area contributed by atoms with Crippen molar-refractivity contribution >= 4 is 17.6 Å². The van der Waals surface area contributed by atoms with E-state index in [1.165, 1.54) is 10.9 Å². The lowest BCUT2D eigenvalue weighted by Crippen LogP contribution is -2.38. The zero-order chi connectivity index (χ0) is 15.8. The number of hydrogen-bond donors (Lipinski definition) is 0. The van der Waals surface area contributed by atoms with E-state index in [-0.39, 0.29) is 0 Å². The van der Waals surface area contributed by atoms with Crippen molar-refractivity contribution in [2.24, 2.45) is 0 Å². The van der Waals surface area contributed by atoms with Crippen LogP contribution >= 0.6 is 0 Å². The van der Waals surface area contributed by atoms with Crippen molar-refractivity contribution in [2.45, 2.75) is 26.7 Å². The molecule has 0 unspecified atom stereocenters. The molecular formula is C19H23BN2. The largest absolute Gasteiger partial charge is 0.335 e. The molecule has 0 fully saturated rings. The van der Waals surface area contributed by atoms with Crippen molar-refractivity contribution < 1.29 is 0 Å². The smallest absolute Gasteiger partial charge is 0.206 e. The van der Waals surface area contributed by atoms with Gasteiger partial charge in [-0.2, -0.15) is 0 Å². The topological polar surface area (TPSA) is 17.8 Å². The van der Waals surface area contributed by atoms with E-state index in [0.29, 0.717) is 12.8 Å². The van der Waals surface area contributed by atoms with Gasteiger partial charge in [-0.15, -0.1) is 0 Å². The summed E-state index contributed by atoms with van der Waals surface area (Å²) in [6.07, 6.45) is 5.58. The maximum Gasteiger partial charge on any atom is 0.206 e. The standard InChI is InChI=1S/C13H13B.C6H10N2/c1-14(12-8-4-2-5-9-12)13-10-6-3-7-11-13;1-6(2)8-4-3-7-5-8/h2-11H,1H3;3-6H,1-2H3. The molecule has 3 aromatic rings. The first-order chi connectivity index (χ1) is 10.7. The first-order valence-corrected chi connectivity index (χ1v) is 7.76. The fourth-order valence-electron chi connectivity index (χ4n) is 2.25. The second-order valence-corrected chi connectivity index (χ2v) is 5.65. The van der Waals surface area contributed by atoms with Crippen LogP contribution < -0.4 is 10.9 Å². The van der Waals surface area contributed by atoms with Crippen molar-refractivity contribution in [1.29, 1.82) is 0 Å². The summed E-state index contributed by atoms with van der Waals surface area (Å²) in [6.45, 7) is 6.98. The van der Waals surface area contributed by atoms with Gasteiger partial charge in [0.2, 0.25) is 6.71 Å². The maximum atomic E-state index is 3.91. The van der Waals surface area contributed by atoms with Crippen LogP contribution in [0.2, 0.25) is 6.82 Å². The van der Waals surface area contributed by atoms with Crippen LogP contribution in [0.3, 0.4) is 0 Å². The summed E-state index contributed by atoms with van der Waals surface area (Å²) >= 11 is 0. The second-order valence-electron chi connectivity index (χ2n) is 5.65. The molecule has 0 saturated heterocycles. The summed E-state index contributed by atoms with van der Waals surface area (Å²) in [5.41, 5.74) is 2.75. The predicted octanol–water partition coefficient (Wildman–Crippen LogP) is 3.39. The maximum absolute atomic E-state index is 3.91. The summed E-state index contributed by atoms with van der Waals surface area (Å²) in [7, 11) is 0. The average Bonchev–Trinajstić information content (AvgIpc) is 3.11. The van der Waals surface area contributed by atoms with Crippen molar-refractivity contribution in [3.8, 4) is 0 Å². The highest BCUT2D eigenvalue weighted by Crippen LogP contribution is 1.99. The summed E-state index contributed by atoms with van der Waals surface area (Å²) < 4.78 is 2.06. The first kappa shape index (κ1) is 16.1. The summed E-state index contributed by atoms with van der Waals surface area (Å²) in [4.78, 5) is 3.91. The molecule has 0 aliphatic rings. The Bertz CT molecular complexity index is 594. The van der Waals surface area contributed by atoms with Crippen LogP contribution in [0.25, 0.3) is 0 Å². The Hall–Kier alpha value is -2.29. The Labute approximate surface area is 133 Å². The molecule has 22 heavy (non-hydrogen) atoms. The predicted molar refractivity (Wildman–Crippen MR) is 96.4 cm³/mol. The molecule has 3 rings (SSSR count). The zero-order valence-electron chi connectivity index (χ0n) is 13.6. The van der Waals surface area contributed by atoms with Gasteiger partial charge in [-0.3, -0.25) is 0 Å². The molecule has 0 N–H and O–H groups in total. The van der Waals surface area contributed by atoms with Gasteiger partial charge in [-0.25, -0.2) is 4.98 Å². The molecule has 0 atom stereocenters. The zero-order valence-corrected chi connectivity index (χ0v) is 13.6. The normalized spacial score (nSPS) is 10.0. The van der Waals surface area contributed by atoms with Crippen LogP contribution in [-0.4, -0.2) is 16.3 Å². The Morgan fingerprint density at radius 3 is 1.68 bits per heavy atom. The lowest BCUT2D eigenvalue weighted by atomic mass is 9.43. The first-order valence-electron chi connectivity index (χ1n) is 7.76. The number of rotatable bonds is 3. The minimum absolute atomic E-state index is 0.484. The third-order valence-electron chi connectivity index (χ3n) is 3.72. The van der Waals surface area contributed by atoms with Crippen molar-refractivity contribution in [2.75, 3.05) is 0 Å². The Kier molecular flexibility index (Phi) is 6.02. The molecule has 3 heteroatoms. The van der Waals surface area contributed by atoms with E-state index in [1.54, 1.807) is 6.20 Å². The van der Waals surface area contributed by atoms with Gasteiger partial charge >= 0.3 is 0 Å². The molecular weight excluding hydrogens is 267 g/mol. The van der Waals surface area contributed by atoms with E-state index in [0.717, 1.165) is 0 Å². The molecule has 0 radical (unpaired) electrons.